The summed E-state index contributed by atoms with van der Waals surface area (Å²) in [5, 5.41) is -0.809. The fourth-order valence-electron chi connectivity index (χ4n) is 0.619. The second-order valence-electron chi connectivity index (χ2n) is 3.02. The van der Waals surface area contributed by atoms with E-state index >= 15 is 0 Å². The topological polar surface area (TPSA) is 72.2 Å². The summed E-state index contributed by atoms with van der Waals surface area (Å²) in [6.45, 7) is 5.18. The lowest BCUT2D eigenvalue weighted by molar-refractivity contribution is 0.553. The molecule has 13 heavy (non-hydrogen) atoms. The van der Waals surface area contributed by atoms with Crippen LogP contribution in [-0.2, 0) is 10.0 Å². The molecule has 0 saturated carbocycles. The third-order valence-electron chi connectivity index (χ3n) is 1.84. The number of nitrogens with one attached hydrogen (secondary N) is 1. The van der Waals surface area contributed by atoms with E-state index in [4.69, 9.17) is 5.73 Å². The first kappa shape index (κ1) is 12.8. The molecule has 0 aliphatic heterocycles. The van der Waals surface area contributed by atoms with Gasteiger partial charge >= 0.3 is 0 Å². The smallest absolute Gasteiger partial charge is 0.220 e. The maximum Gasteiger partial charge on any atom is 0.220 e. The number of rotatable bonds is 5. The van der Waals surface area contributed by atoms with Gasteiger partial charge < -0.3 is 5.73 Å². The first-order valence-corrected chi connectivity index (χ1v) is 6.07. The molecule has 2 unspecified atom stereocenters. The molecule has 0 bridgehead atoms. The highest BCUT2D eigenvalue weighted by molar-refractivity contribution is 7.93. The average Bonchev–Trinajstić information content (AvgIpc) is 2.01. The number of nitrogens with two attached hydrogens (primary N) is 1. The molecule has 0 saturated heterocycles. The van der Waals surface area contributed by atoms with Gasteiger partial charge in [0.1, 0.15) is 5.25 Å². The predicted octanol–water partition coefficient (Wildman–Crippen LogP) is 0.379. The molecule has 2 atom stereocenters. The summed E-state index contributed by atoms with van der Waals surface area (Å²) >= 11 is 4.61. The zero-order valence-electron chi connectivity index (χ0n) is 8.07. The van der Waals surface area contributed by atoms with E-state index in [9.17, 15) is 8.42 Å². The minimum Gasteiger partial charge on any atom is -0.392 e. The molecule has 0 aliphatic rings. The standard InChI is InChI=1S/C7H16N2O2S2/c1-4-5(2)9-13(10,11)6(3)7(8)12/h5-6,9H,4H2,1-3H3,(H2,8,12). The van der Waals surface area contributed by atoms with Crippen LogP contribution in [0.5, 0.6) is 0 Å². The van der Waals surface area contributed by atoms with Gasteiger partial charge in [-0.2, -0.15) is 0 Å². The molecule has 0 fully saturated rings. The largest absolute Gasteiger partial charge is 0.392 e. The third kappa shape index (κ3) is 4.02. The SMILES string of the molecule is CCC(C)NS(=O)(=O)C(C)C(N)=S. The molecular weight excluding hydrogens is 208 g/mol. The Hall–Kier alpha value is -0.200. The number of hydrogen-bond donors (Lipinski definition) is 2. The highest BCUT2D eigenvalue weighted by Gasteiger charge is 2.24. The zero-order chi connectivity index (χ0) is 10.6. The fourth-order valence-corrected chi connectivity index (χ4v) is 2.24. The van der Waals surface area contributed by atoms with Crippen LogP contribution < -0.4 is 10.5 Å². The predicted molar refractivity (Wildman–Crippen MR) is 58.1 cm³/mol. The van der Waals surface area contributed by atoms with Crippen LogP contribution in [0.15, 0.2) is 0 Å². The van der Waals surface area contributed by atoms with Crippen LogP contribution in [0.3, 0.4) is 0 Å². The van der Waals surface area contributed by atoms with Crippen LogP contribution in [0.4, 0.5) is 0 Å². The van der Waals surface area contributed by atoms with E-state index in [0.717, 1.165) is 6.42 Å². The molecule has 0 aromatic heterocycles. The van der Waals surface area contributed by atoms with Gasteiger partial charge in [-0.25, -0.2) is 13.1 Å². The Morgan fingerprint density at radius 2 is 2.00 bits per heavy atom. The second kappa shape index (κ2) is 4.88. The lowest BCUT2D eigenvalue weighted by atomic mass is 10.3. The molecule has 0 rings (SSSR count). The molecule has 0 heterocycles. The highest BCUT2D eigenvalue weighted by atomic mass is 32.2. The maximum absolute atomic E-state index is 11.5. The summed E-state index contributed by atoms with van der Waals surface area (Å²) in [7, 11) is -3.39. The summed E-state index contributed by atoms with van der Waals surface area (Å²) in [5.41, 5.74) is 5.25. The molecule has 0 aliphatic carbocycles. The van der Waals surface area contributed by atoms with Gasteiger partial charge in [0, 0.05) is 6.04 Å². The summed E-state index contributed by atoms with van der Waals surface area (Å²) in [6, 6.07) is -0.0817. The summed E-state index contributed by atoms with van der Waals surface area (Å²) in [6.07, 6.45) is 0.739. The number of thiocarbonyl (C=S) groups is 1. The molecule has 6 heteroatoms. The molecule has 0 aromatic rings. The first-order valence-electron chi connectivity index (χ1n) is 4.11. The van der Waals surface area contributed by atoms with Gasteiger partial charge in [0.25, 0.3) is 0 Å². The fraction of sp³-hybridized carbons (Fsp3) is 0.857. The quantitative estimate of drug-likeness (QED) is 0.662. The van der Waals surface area contributed by atoms with E-state index in [2.05, 4.69) is 16.9 Å². The van der Waals surface area contributed by atoms with Crippen molar-refractivity contribution in [2.45, 2.75) is 38.5 Å². The van der Waals surface area contributed by atoms with Gasteiger partial charge in [-0.1, -0.05) is 19.1 Å². The minimum absolute atomic E-state index is 0.00389. The second-order valence-corrected chi connectivity index (χ2v) is 5.52. The Labute approximate surface area is 84.9 Å². The Bertz CT molecular complexity index is 274. The van der Waals surface area contributed by atoms with E-state index < -0.39 is 15.3 Å². The zero-order valence-corrected chi connectivity index (χ0v) is 9.71. The van der Waals surface area contributed by atoms with Crippen molar-refractivity contribution < 1.29 is 8.42 Å². The molecule has 0 radical (unpaired) electrons. The van der Waals surface area contributed by atoms with Crippen molar-refractivity contribution in [3.63, 3.8) is 0 Å². The molecule has 0 amide bonds. The van der Waals surface area contributed by atoms with Gasteiger partial charge in [-0.05, 0) is 20.3 Å². The van der Waals surface area contributed by atoms with Crippen molar-refractivity contribution in [2.75, 3.05) is 0 Å². The molecule has 0 spiro atoms. The van der Waals surface area contributed by atoms with Gasteiger partial charge in [0.05, 0.1) is 4.99 Å². The van der Waals surface area contributed by atoms with Gasteiger partial charge in [-0.3, -0.25) is 0 Å². The normalized spacial score (nSPS) is 16.5. The van der Waals surface area contributed by atoms with Crippen LogP contribution in [0.1, 0.15) is 27.2 Å². The lowest BCUT2D eigenvalue weighted by Gasteiger charge is -2.16. The van der Waals surface area contributed by atoms with Crippen molar-refractivity contribution in [1.82, 2.24) is 4.72 Å². The van der Waals surface area contributed by atoms with Crippen molar-refractivity contribution in [3.8, 4) is 0 Å². The Balaban J connectivity index is 4.50. The van der Waals surface area contributed by atoms with Gasteiger partial charge in [-0.15, -0.1) is 0 Å². The monoisotopic (exact) mass is 224 g/mol. The Morgan fingerprint density at radius 3 is 2.31 bits per heavy atom. The summed E-state index contributed by atoms with van der Waals surface area (Å²) in [4.78, 5) is -0.00389. The summed E-state index contributed by atoms with van der Waals surface area (Å²) in [5.74, 6) is 0. The van der Waals surface area contributed by atoms with Crippen LogP contribution in [0, 0.1) is 0 Å². The van der Waals surface area contributed by atoms with E-state index in [1.807, 2.05) is 6.92 Å². The van der Waals surface area contributed by atoms with Crippen LogP contribution >= 0.6 is 12.2 Å². The van der Waals surface area contributed by atoms with Crippen LogP contribution in [-0.4, -0.2) is 24.7 Å². The van der Waals surface area contributed by atoms with E-state index in [1.54, 1.807) is 6.92 Å². The van der Waals surface area contributed by atoms with Crippen molar-refractivity contribution in [2.24, 2.45) is 5.73 Å². The van der Waals surface area contributed by atoms with Crippen molar-refractivity contribution in [3.05, 3.63) is 0 Å². The van der Waals surface area contributed by atoms with E-state index in [1.165, 1.54) is 6.92 Å². The Kier molecular flexibility index (Phi) is 4.80. The van der Waals surface area contributed by atoms with Gasteiger partial charge in [0.2, 0.25) is 10.0 Å². The molecule has 78 valence electrons. The molecule has 3 N–H and O–H groups in total. The number of sulfonamides is 1. The third-order valence-corrected chi connectivity index (χ3v) is 4.26. The minimum atomic E-state index is -3.39. The van der Waals surface area contributed by atoms with Crippen molar-refractivity contribution >= 4 is 27.2 Å². The Morgan fingerprint density at radius 1 is 1.54 bits per heavy atom. The maximum atomic E-state index is 11.5. The van der Waals surface area contributed by atoms with Crippen molar-refractivity contribution in [1.29, 1.82) is 0 Å². The van der Waals surface area contributed by atoms with Crippen LogP contribution in [0.2, 0.25) is 0 Å². The molecular formula is C7H16N2O2S2. The average molecular weight is 224 g/mol. The van der Waals surface area contributed by atoms with Crippen LogP contribution in [0.25, 0.3) is 0 Å². The lowest BCUT2D eigenvalue weighted by Crippen LogP contribution is -2.43. The van der Waals surface area contributed by atoms with E-state index in [-0.39, 0.29) is 11.0 Å². The summed E-state index contributed by atoms with van der Waals surface area (Å²) < 4.78 is 25.4. The molecule has 0 aromatic carbocycles. The van der Waals surface area contributed by atoms with E-state index in [0.29, 0.717) is 0 Å². The highest BCUT2D eigenvalue weighted by Crippen LogP contribution is 2.01. The molecule has 4 nitrogen and oxygen atoms in total. The first-order chi connectivity index (χ1) is 5.81. The number of hydrogen-bond acceptors (Lipinski definition) is 3. The van der Waals surface area contributed by atoms with Gasteiger partial charge in [0.15, 0.2) is 0 Å².